The SMILES string of the molecule is Nc1ccc(C=Cc2cnccn2)cc1. The molecule has 0 bridgehead atoms. The van der Waals surface area contributed by atoms with Crippen molar-refractivity contribution >= 4 is 17.8 Å². The normalized spacial score (nSPS) is 10.7. The van der Waals surface area contributed by atoms with Crippen molar-refractivity contribution in [2.75, 3.05) is 5.73 Å². The smallest absolute Gasteiger partial charge is 0.0813 e. The molecule has 0 radical (unpaired) electrons. The molecule has 2 aromatic rings. The molecule has 74 valence electrons. The van der Waals surface area contributed by atoms with E-state index in [2.05, 4.69) is 9.97 Å². The number of rotatable bonds is 2. The molecule has 3 heteroatoms. The zero-order valence-corrected chi connectivity index (χ0v) is 8.17. The largest absolute Gasteiger partial charge is 0.399 e. The first-order valence-electron chi connectivity index (χ1n) is 4.64. The molecular weight excluding hydrogens is 186 g/mol. The predicted molar refractivity (Wildman–Crippen MR) is 61.8 cm³/mol. The van der Waals surface area contributed by atoms with Crippen LogP contribution in [0.15, 0.2) is 42.9 Å². The van der Waals surface area contributed by atoms with Crippen LogP contribution in [0, 0.1) is 0 Å². The molecule has 3 nitrogen and oxygen atoms in total. The summed E-state index contributed by atoms with van der Waals surface area (Å²) in [6.07, 6.45) is 8.93. The lowest BCUT2D eigenvalue weighted by Crippen LogP contribution is -1.83. The molecule has 1 heterocycles. The van der Waals surface area contributed by atoms with Gasteiger partial charge in [-0.05, 0) is 23.8 Å². The number of nitrogens with two attached hydrogens (primary N) is 1. The lowest BCUT2D eigenvalue weighted by Gasteiger charge is -1.94. The van der Waals surface area contributed by atoms with E-state index in [1.807, 2.05) is 36.4 Å². The summed E-state index contributed by atoms with van der Waals surface area (Å²) in [5.74, 6) is 0. The van der Waals surface area contributed by atoms with Crippen LogP contribution >= 0.6 is 0 Å². The molecule has 0 saturated heterocycles. The topological polar surface area (TPSA) is 51.8 Å². The van der Waals surface area contributed by atoms with Crippen LogP contribution in [-0.2, 0) is 0 Å². The van der Waals surface area contributed by atoms with Crippen molar-refractivity contribution < 1.29 is 0 Å². The molecule has 0 fully saturated rings. The molecule has 1 aromatic carbocycles. The van der Waals surface area contributed by atoms with E-state index in [1.165, 1.54) is 0 Å². The van der Waals surface area contributed by atoms with Crippen LogP contribution in [0.4, 0.5) is 5.69 Å². The van der Waals surface area contributed by atoms with Gasteiger partial charge in [-0.3, -0.25) is 9.97 Å². The van der Waals surface area contributed by atoms with E-state index in [0.717, 1.165) is 16.9 Å². The van der Waals surface area contributed by atoms with Gasteiger partial charge in [0.15, 0.2) is 0 Å². The van der Waals surface area contributed by atoms with Crippen LogP contribution in [0.3, 0.4) is 0 Å². The van der Waals surface area contributed by atoms with Crippen molar-refractivity contribution in [1.29, 1.82) is 0 Å². The van der Waals surface area contributed by atoms with Gasteiger partial charge in [0.1, 0.15) is 0 Å². The van der Waals surface area contributed by atoms with Crippen molar-refractivity contribution in [3.05, 3.63) is 54.1 Å². The quantitative estimate of drug-likeness (QED) is 0.751. The molecule has 1 aromatic heterocycles. The average molecular weight is 197 g/mol. The lowest BCUT2D eigenvalue weighted by atomic mass is 10.2. The zero-order valence-electron chi connectivity index (χ0n) is 8.17. The van der Waals surface area contributed by atoms with Crippen LogP contribution in [0.2, 0.25) is 0 Å². The second-order valence-electron chi connectivity index (χ2n) is 3.13. The molecule has 0 saturated carbocycles. The third-order valence-corrected chi connectivity index (χ3v) is 1.97. The van der Waals surface area contributed by atoms with Gasteiger partial charge in [0.25, 0.3) is 0 Å². The van der Waals surface area contributed by atoms with E-state index in [9.17, 15) is 0 Å². The third-order valence-electron chi connectivity index (χ3n) is 1.97. The summed E-state index contributed by atoms with van der Waals surface area (Å²) >= 11 is 0. The van der Waals surface area contributed by atoms with E-state index in [1.54, 1.807) is 18.6 Å². The summed E-state index contributed by atoms with van der Waals surface area (Å²) in [6, 6.07) is 7.66. The Kier molecular flexibility index (Phi) is 2.74. The average Bonchev–Trinajstić information content (AvgIpc) is 2.30. The van der Waals surface area contributed by atoms with E-state index >= 15 is 0 Å². The number of nitrogens with zero attached hydrogens (tertiary/aromatic N) is 2. The molecule has 0 unspecified atom stereocenters. The summed E-state index contributed by atoms with van der Waals surface area (Å²) in [5, 5.41) is 0. The Balaban J connectivity index is 2.15. The third kappa shape index (κ3) is 2.64. The first-order chi connectivity index (χ1) is 7.34. The molecule has 0 aliphatic heterocycles. The van der Waals surface area contributed by atoms with Gasteiger partial charge in [0, 0.05) is 18.1 Å². The van der Waals surface area contributed by atoms with Gasteiger partial charge in [-0.15, -0.1) is 0 Å². The summed E-state index contributed by atoms with van der Waals surface area (Å²) in [5.41, 5.74) is 8.29. The Morgan fingerprint density at radius 2 is 1.80 bits per heavy atom. The summed E-state index contributed by atoms with van der Waals surface area (Å²) < 4.78 is 0. The van der Waals surface area contributed by atoms with Gasteiger partial charge in [0.05, 0.1) is 11.9 Å². The monoisotopic (exact) mass is 197 g/mol. The molecule has 0 aliphatic rings. The molecule has 0 aliphatic carbocycles. The molecular formula is C12H11N3. The van der Waals surface area contributed by atoms with Gasteiger partial charge in [-0.2, -0.15) is 0 Å². The second kappa shape index (κ2) is 4.37. The number of aromatic nitrogens is 2. The van der Waals surface area contributed by atoms with Gasteiger partial charge < -0.3 is 5.73 Å². The zero-order chi connectivity index (χ0) is 10.5. The van der Waals surface area contributed by atoms with E-state index < -0.39 is 0 Å². The Morgan fingerprint density at radius 1 is 1.00 bits per heavy atom. The summed E-state index contributed by atoms with van der Waals surface area (Å²) in [4.78, 5) is 8.11. The number of anilines is 1. The molecule has 0 atom stereocenters. The maximum atomic E-state index is 5.59. The van der Waals surface area contributed by atoms with Crippen LogP contribution in [0.5, 0.6) is 0 Å². The van der Waals surface area contributed by atoms with Gasteiger partial charge in [-0.25, -0.2) is 0 Å². The second-order valence-corrected chi connectivity index (χ2v) is 3.13. The molecule has 0 spiro atoms. The van der Waals surface area contributed by atoms with Crippen molar-refractivity contribution in [2.45, 2.75) is 0 Å². The number of nitrogen functional groups attached to an aromatic ring is 1. The van der Waals surface area contributed by atoms with Gasteiger partial charge in [0.2, 0.25) is 0 Å². The van der Waals surface area contributed by atoms with Crippen molar-refractivity contribution in [1.82, 2.24) is 9.97 Å². The summed E-state index contributed by atoms with van der Waals surface area (Å²) in [6.45, 7) is 0. The van der Waals surface area contributed by atoms with Crippen LogP contribution in [0.25, 0.3) is 12.2 Å². The van der Waals surface area contributed by atoms with Gasteiger partial charge >= 0.3 is 0 Å². The number of hydrogen-bond donors (Lipinski definition) is 1. The van der Waals surface area contributed by atoms with E-state index in [-0.39, 0.29) is 0 Å². The standard InChI is InChI=1S/C12H11N3/c13-11-4-1-10(2-5-11)3-6-12-9-14-7-8-15-12/h1-9H,13H2. The van der Waals surface area contributed by atoms with Crippen molar-refractivity contribution in [3.63, 3.8) is 0 Å². The van der Waals surface area contributed by atoms with Gasteiger partial charge in [-0.1, -0.05) is 18.2 Å². The van der Waals surface area contributed by atoms with Crippen molar-refractivity contribution in [3.8, 4) is 0 Å². The Labute approximate surface area is 88.3 Å². The fourth-order valence-corrected chi connectivity index (χ4v) is 1.19. The molecule has 2 rings (SSSR count). The van der Waals surface area contributed by atoms with E-state index in [0.29, 0.717) is 0 Å². The molecule has 2 N–H and O–H groups in total. The maximum Gasteiger partial charge on any atom is 0.0813 e. The van der Waals surface area contributed by atoms with Crippen LogP contribution < -0.4 is 5.73 Å². The Morgan fingerprint density at radius 3 is 2.47 bits per heavy atom. The highest BCUT2D eigenvalue weighted by Crippen LogP contribution is 2.08. The number of hydrogen-bond acceptors (Lipinski definition) is 3. The van der Waals surface area contributed by atoms with Crippen LogP contribution in [-0.4, -0.2) is 9.97 Å². The highest BCUT2D eigenvalue weighted by atomic mass is 14.7. The Bertz CT molecular complexity index is 446. The first-order valence-corrected chi connectivity index (χ1v) is 4.64. The fraction of sp³-hybridized carbons (Fsp3) is 0. The minimum atomic E-state index is 0.770. The maximum absolute atomic E-state index is 5.59. The predicted octanol–water partition coefficient (Wildman–Crippen LogP) is 2.23. The highest BCUT2D eigenvalue weighted by Gasteiger charge is 1.88. The lowest BCUT2D eigenvalue weighted by molar-refractivity contribution is 1.18. The minimum absolute atomic E-state index is 0.770. The number of benzene rings is 1. The Hall–Kier alpha value is -2.16. The summed E-state index contributed by atoms with van der Waals surface area (Å²) in [7, 11) is 0. The van der Waals surface area contributed by atoms with Crippen molar-refractivity contribution in [2.24, 2.45) is 0 Å². The van der Waals surface area contributed by atoms with E-state index in [4.69, 9.17) is 5.73 Å². The minimum Gasteiger partial charge on any atom is -0.399 e. The molecule has 15 heavy (non-hydrogen) atoms. The fourth-order valence-electron chi connectivity index (χ4n) is 1.19. The molecule has 0 amide bonds. The highest BCUT2D eigenvalue weighted by molar-refractivity contribution is 5.68. The van der Waals surface area contributed by atoms with Crippen LogP contribution in [0.1, 0.15) is 11.3 Å². The first kappa shape index (κ1) is 9.40.